The topological polar surface area (TPSA) is 92.4 Å². The predicted molar refractivity (Wildman–Crippen MR) is 97.6 cm³/mol. The van der Waals surface area contributed by atoms with Gasteiger partial charge in [-0.2, -0.15) is 0 Å². The summed E-state index contributed by atoms with van der Waals surface area (Å²) in [5.41, 5.74) is 4.15. The lowest BCUT2D eigenvalue weighted by Gasteiger charge is -2.08. The van der Waals surface area contributed by atoms with Gasteiger partial charge in [0.2, 0.25) is 5.95 Å². The maximum absolute atomic E-state index is 11.1. The van der Waals surface area contributed by atoms with Gasteiger partial charge >= 0.3 is 5.97 Å². The number of nitrogens with one attached hydrogen (secondary N) is 1. The van der Waals surface area contributed by atoms with E-state index in [1.807, 2.05) is 41.8 Å². The Kier molecular flexibility index (Phi) is 3.81. The van der Waals surface area contributed by atoms with Gasteiger partial charge in [-0.05, 0) is 43.3 Å². The molecule has 0 radical (unpaired) electrons. The fraction of sp³-hybridized carbons (Fsp3) is 0.0526. The summed E-state index contributed by atoms with van der Waals surface area (Å²) in [6, 6.07) is 14.1. The van der Waals surface area contributed by atoms with Crippen LogP contribution >= 0.6 is 0 Å². The zero-order valence-corrected chi connectivity index (χ0v) is 13.9. The lowest BCUT2D eigenvalue weighted by Crippen LogP contribution is -2.01. The van der Waals surface area contributed by atoms with Crippen molar-refractivity contribution in [2.45, 2.75) is 6.92 Å². The molecule has 0 aliphatic carbocycles. The van der Waals surface area contributed by atoms with Crippen LogP contribution in [-0.4, -0.2) is 30.4 Å². The molecule has 0 aliphatic heterocycles. The minimum absolute atomic E-state index is 0.198. The van der Waals surface area contributed by atoms with E-state index in [4.69, 9.17) is 5.11 Å². The number of carboxylic acids is 1. The van der Waals surface area contributed by atoms with Gasteiger partial charge in [-0.25, -0.2) is 19.7 Å². The molecule has 0 saturated carbocycles. The third kappa shape index (κ3) is 2.86. The first-order valence-corrected chi connectivity index (χ1v) is 7.99. The molecule has 0 saturated heterocycles. The van der Waals surface area contributed by atoms with Crippen LogP contribution < -0.4 is 5.32 Å². The number of aryl methyl sites for hydroxylation is 1. The highest BCUT2D eigenvalue weighted by Crippen LogP contribution is 2.24. The number of pyridine rings is 1. The number of fused-ring (bicyclic) bond motifs is 1. The number of rotatable bonds is 4. The number of imidazole rings is 1. The summed E-state index contributed by atoms with van der Waals surface area (Å²) in [4.78, 5) is 24.5. The summed E-state index contributed by atoms with van der Waals surface area (Å²) in [6.07, 6.45) is 3.60. The smallest absolute Gasteiger partial charge is 0.335 e. The molecule has 3 heterocycles. The Balaban J connectivity index is 1.72. The number of hydrogen-bond acceptors (Lipinski definition) is 5. The van der Waals surface area contributed by atoms with E-state index in [0.717, 1.165) is 22.7 Å². The molecule has 0 unspecified atom stereocenters. The van der Waals surface area contributed by atoms with Crippen molar-refractivity contribution in [3.05, 3.63) is 72.2 Å². The molecule has 2 N–H and O–H groups in total. The Morgan fingerprint density at radius 1 is 1.12 bits per heavy atom. The second-order valence-electron chi connectivity index (χ2n) is 5.75. The largest absolute Gasteiger partial charge is 0.478 e. The van der Waals surface area contributed by atoms with Crippen molar-refractivity contribution in [1.82, 2.24) is 19.4 Å². The molecule has 0 spiro atoms. The summed E-state index contributed by atoms with van der Waals surface area (Å²) in [7, 11) is 0. The standard InChI is InChI=1S/C19H15N5O2/c1-12-17(24-10-3-2-7-16(24)21-12)15-8-9-20-19(23-15)22-14-6-4-5-13(11-14)18(25)26/h2-11H,1H3,(H,25,26)(H,20,22,23). The van der Waals surface area contributed by atoms with E-state index in [9.17, 15) is 4.79 Å². The fourth-order valence-corrected chi connectivity index (χ4v) is 2.83. The normalized spacial score (nSPS) is 10.8. The van der Waals surface area contributed by atoms with Crippen LogP contribution in [0.2, 0.25) is 0 Å². The van der Waals surface area contributed by atoms with Crippen LogP contribution in [0.3, 0.4) is 0 Å². The van der Waals surface area contributed by atoms with Crippen LogP contribution in [0.15, 0.2) is 60.9 Å². The number of anilines is 2. The fourth-order valence-electron chi connectivity index (χ4n) is 2.83. The van der Waals surface area contributed by atoms with E-state index in [-0.39, 0.29) is 5.56 Å². The number of carboxylic acid groups (broad SMARTS) is 1. The predicted octanol–water partition coefficient (Wildman–Crippen LogP) is 3.54. The van der Waals surface area contributed by atoms with Gasteiger partial charge in [-0.1, -0.05) is 12.1 Å². The number of nitrogens with zero attached hydrogens (tertiary/aromatic N) is 4. The molecule has 1 aromatic carbocycles. The van der Waals surface area contributed by atoms with Gasteiger partial charge in [-0.3, -0.25) is 4.40 Å². The van der Waals surface area contributed by atoms with Crippen LogP contribution in [0.1, 0.15) is 16.1 Å². The van der Waals surface area contributed by atoms with E-state index in [2.05, 4.69) is 20.3 Å². The van der Waals surface area contributed by atoms with Gasteiger partial charge < -0.3 is 10.4 Å². The van der Waals surface area contributed by atoms with E-state index in [1.54, 1.807) is 18.3 Å². The second-order valence-corrected chi connectivity index (χ2v) is 5.75. The molecule has 0 aliphatic rings. The van der Waals surface area contributed by atoms with Crippen molar-refractivity contribution in [2.24, 2.45) is 0 Å². The van der Waals surface area contributed by atoms with Gasteiger partial charge in [0.1, 0.15) is 5.65 Å². The highest BCUT2D eigenvalue weighted by atomic mass is 16.4. The maximum atomic E-state index is 11.1. The number of carbonyl (C=O) groups is 1. The minimum Gasteiger partial charge on any atom is -0.478 e. The maximum Gasteiger partial charge on any atom is 0.335 e. The summed E-state index contributed by atoms with van der Waals surface area (Å²) < 4.78 is 1.98. The third-order valence-corrected chi connectivity index (χ3v) is 3.97. The molecule has 4 rings (SSSR count). The van der Waals surface area contributed by atoms with Crippen LogP contribution in [-0.2, 0) is 0 Å². The van der Waals surface area contributed by atoms with Gasteiger partial charge in [0.15, 0.2) is 0 Å². The second kappa shape index (κ2) is 6.29. The van der Waals surface area contributed by atoms with E-state index < -0.39 is 5.97 Å². The van der Waals surface area contributed by atoms with Crippen molar-refractivity contribution in [3.8, 4) is 11.4 Å². The monoisotopic (exact) mass is 345 g/mol. The quantitative estimate of drug-likeness (QED) is 0.588. The number of benzene rings is 1. The van der Waals surface area contributed by atoms with Gasteiger partial charge in [-0.15, -0.1) is 0 Å². The number of aromatic nitrogens is 4. The summed E-state index contributed by atoms with van der Waals surface area (Å²) in [5, 5.41) is 12.2. The molecule has 0 bridgehead atoms. The zero-order valence-electron chi connectivity index (χ0n) is 13.9. The van der Waals surface area contributed by atoms with Crippen molar-refractivity contribution in [1.29, 1.82) is 0 Å². The van der Waals surface area contributed by atoms with Crippen molar-refractivity contribution >= 4 is 23.3 Å². The van der Waals surface area contributed by atoms with Crippen LogP contribution in [0.4, 0.5) is 11.6 Å². The minimum atomic E-state index is -0.982. The van der Waals surface area contributed by atoms with Crippen molar-refractivity contribution < 1.29 is 9.90 Å². The molecule has 0 atom stereocenters. The summed E-state index contributed by atoms with van der Waals surface area (Å²) >= 11 is 0. The van der Waals surface area contributed by atoms with Gasteiger partial charge in [0, 0.05) is 18.1 Å². The van der Waals surface area contributed by atoms with Gasteiger partial charge in [0.05, 0.1) is 22.6 Å². The average molecular weight is 345 g/mol. The summed E-state index contributed by atoms with van der Waals surface area (Å²) in [5.74, 6) is -0.597. The van der Waals surface area contributed by atoms with Crippen LogP contribution in [0, 0.1) is 6.92 Å². The number of aromatic carboxylic acids is 1. The number of hydrogen-bond donors (Lipinski definition) is 2. The molecule has 128 valence electrons. The molecular weight excluding hydrogens is 330 g/mol. The highest BCUT2D eigenvalue weighted by Gasteiger charge is 2.13. The SMILES string of the molecule is Cc1nc2ccccn2c1-c1ccnc(Nc2cccc(C(=O)O)c2)n1. The molecule has 0 fully saturated rings. The van der Waals surface area contributed by atoms with Gasteiger partial charge in [0.25, 0.3) is 0 Å². The molecule has 0 amide bonds. The Hall–Kier alpha value is -3.74. The van der Waals surface area contributed by atoms with E-state index in [0.29, 0.717) is 11.6 Å². The van der Waals surface area contributed by atoms with Crippen LogP contribution in [0.5, 0.6) is 0 Å². The van der Waals surface area contributed by atoms with E-state index in [1.165, 1.54) is 12.1 Å². The molecule has 26 heavy (non-hydrogen) atoms. The zero-order chi connectivity index (χ0) is 18.1. The first kappa shape index (κ1) is 15.8. The molecular formula is C19H15N5O2. The Bertz CT molecular complexity index is 1120. The van der Waals surface area contributed by atoms with Crippen LogP contribution in [0.25, 0.3) is 17.0 Å². The van der Waals surface area contributed by atoms with E-state index >= 15 is 0 Å². The first-order valence-electron chi connectivity index (χ1n) is 7.99. The highest BCUT2D eigenvalue weighted by molar-refractivity contribution is 5.89. The molecule has 7 nitrogen and oxygen atoms in total. The molecule has 7 heteroatoms. The lowest BCUT2D eigenvalue weighted by molar-refractivity contribution is 0.0697. The Morgan fingerprint density at radius 3 is 2.85 bits per heavy atom. The van der Waals surface area contributed by atoms with Crippen molar-refractivity contribution in [2.75, 3.05) is 5.32 Å². The first-order chi connectivity index (χ1) is 12.6. The Labute approximate surface area is 149 Å². The Morgan fingerprint density at radius 2 is 2.00 bits per heavy atom. The summed E-state index contributed by atoms with van der Waals surface area (Å²) in [6.45, 7) is 1.94. The molecule has 4 aromatic rings. The average Bonchev–Trinajstić information content (AvgIpc) is 2.98. The third-order valence-electron chi connectivity index (χ3n) is 3.97. The van der Waals surface area contributed by atoms with Crippen molar-refractivity contribution in [3.63, 3.8) is 0 Å². The molecule has 3 aromatic heterocycles. The lowest BCUT2D eigenvalue weighted by atomic mass is 10.2.